The Labute approximate surface area is 89.2 Å². The molecule has 0 atom stereocenters. The second kappa shape index (κ2) is 4.51. The molecule has 1 aromatic heterocycles. The summed E-state index contributed by atoms with van der Waals surface area (Å²) in [5.74, 6) is 0.207. The first-order valence-electron chi connectivity index (χ1n) is 3.53. The van der Waals surface area contributed by atoms with E-state index in [-0.39, 0.29) is 11.8 Å². The Morgan fingerprint density at radius 3 is 2.92 bits per heavy atom. The quantitative estimate of drug-likeness (QED) is 0.638. The largest absolute Gasteiger partial charge is 0.341 e. The Morgan fingerprint density at radius 2 is 2.38 bits per heavy atom. The zero-order chi connectivity index (χ0) is 9.84. The standard InChI is InChI=1S/C6H9IN4O2/c1-11(2)6(12)5-9-4(3-8-7)10-13-5/h8H,3H2,1-2H3. The van der Waals surface area contributed by atoms with E-state index in [0.717, 1.165) is 0 Å². The Kier molecular flexibility index (Phi) is 3.60. The fourth-order valence-corrected chi connectivity index (χ4v) is 1.00. The van der Waals surface area contributed by atoms with Gasteiger partial charge in [-0.1, -0.05) is 5.16 Å². The maximum absolute atomic E-state index is 11.3. The first-order valence-corrected chi connectivity index (χ1v) is 4.60. The predicted molar refractivity (Wildman–Crippen MR) is 53.2 cm³/mol. The normalized spacial score (nSPS) is 10.1. The molecule has 0 aliphatic carbocycles. The van der Waals surface area contributed by atoms with Crippen LogP contribution in [0.25, 0.3) is 0 Å². The van der Waals surface area contributed by atoms with Crippen LogP contribution < -0.4 is 3.53 Å². The maximum atomic E-state index is 11.3. The molecule has 0 saturated heterocycles. The van der Waals surface area contributed by atoms with Crippen molar-refractivity contribution in [2.45, 2.75) is 6.54 Å². The molecule has 7 heteroatoms. The van der Waals surface area contributed by atoms with Crippen LogP contribution in [0.4, 0.5) is 0 Å². The summed E-state index contributed by atoms with van der Waals surface area (Å²) in [7, 11) is 3.26. The number of aromatic nitrogens is 2. The molecule has 72 valence electrons. The van der Waals surface area contributed by atoms with Gasteiger partial charge in [-0.25, -0.2) is 0 Å². The molecule has 0 aromatic carbocycles. The van der Waals surface area contributed by atoms with Crippen LogP contribution in [-0.4, -0.2) is 35.0 Å². The molecule has 0 unspecified atom stereocenters. The fraction of sp³-hybridized carbons (Fsp3) is 0.500. The van der Waals surface area contributed by atoms with Gasteiger partial charge in [0, 0.05) is 37.0 Å². The van der Waals surface area contributed by atoms with E-state index >= 15 is 0 Å². The van der Waals surface area contributed by atoms with Crippen molar-refractivity contribution in [1.29, 1.82) is 0 Å². The zero-order valence-electron chi connectivity index (χ0n) is 7.24. The van der Waals surface area contributed by atoms with Crippen LogP contribution in [0.5, 0.6) is 0 Å². The summed E-state index contributed by atoms with van der Waals surface area (Å²) in [6.45, 7) is 0.477. The summed E-state index contributed by atoms with van der Waals surface area (Å²) in [5, 5.41) is 3.61. The van der Waals surface area contributed by atoms with Crippen molar-refractivity contribution in [2.24, 2.45) is 0 Å². The van der Waals surface area contributed by atoms with Gasteiger partial charge in [0.25, 0.3) is 0 Å². The minimum Gasteiger partial charge on any atom is -0.341 e. The lowest BCUT2D eigenvalue weighted by Crippen LogP contribution is -2.22. The number of carbonyl (C=O) groups excluding carboxylic acids is 1. The van der Waals surface area contributed by atoms with Gasteiger partial charge >= 0.3 is 11.8 Å². The molecule has 0 bridgehead atoms. The van der Waals surface area contributed by atoms with Crippen molar-refractivity contribution < 1.29 is 9.32 Å². The van der Waals surface area contributed by atoms with E-state index in [2.05, 4.69) is 13.7 Å². The number of nitrogens with one attached hydrogen (secondary N) is 1. The number of rotatable bonds is 3. The molecule has 0 radical (unpaired) electrons. The summed E-state index contributed by atoms with van der Waals surface area (Å²) in [6.07, 6.45) is 0. The van der Waals surface area contributed by atoms with Crippen LogP contribution in [0.3, 0.4) is 0 Å². The molecule has 1 rings (SSSR count). The van der Waals surface area contributed by atoms with Crippen molar-refractivity contribution in [2.75, 3.05) is 14.1 Å². The number of carbonyl (C=O) groups is 1. The first kappa shape index (κ1) is 10.4. The van der Waals surface area contributed by atoms with Crippen LogP contribution in [-0.2, 0) is 6.54 Å². The molecule has 1 aromatic rings. The number of hydrogen-bond acceptors (Lipinski definition) is 5. The minimum absolute atomic E-state index is 0.0200. The van der Waals surface area contributed by atoms with Gasteiger partial charge in [0.1, 0.15) is 0 Å². The second-order valence-electron chi connectivity index (χ2n) is 2.53. The fourth-order valence-electron chi connectivity index (χ4n) is 0.664. The van der Waals surface area contributed by atoms with Gasteiger partial charge in [0.2, 0.25) is 0 Å². The Balaban J connectivity index is 2.73. The second-order valence-corrected chi connectivity index (χ2v) is 3.29. The monoisotopic (exact) mass is 296 g/mol. The van der Waals surface area contributed by atoms with Gasteiger partial charge in [0.15, 0.2) is 5.82 Å². The third kappa shape index (κ3) is 2.62. The molecule has 0 aliphatic rings. The van der Waals surface area contributed by atoms with Crippen molar-refractivity contribution in [3.63, 3.8) is 0 Å². The van der Waals surface area contributed by atoms with E-state index in [1.807, 2.05) is 22.9 Å². The van der Waals surface area contributed by atoms with Crippen molar-refractivity contribution in [3.05, 3.63) is 11.7 Å². The van der Waals surface area contributed by atoms with E-state index in [9.17, 15) is 4.79 Å². The third-order valence-electron chi connectivity index (χ3n) is 1.28. The average molecular weight is 296 g/mol. The summed E-state index contributed by atoms with van der Waals surface area (Å²) in [6, 6.07) is 0. The highest BCUT2D eigenvalue weighted by atomic mass is 127. The van der Waals surface area contributed by atoms with Gasteiger partial charge in [0.05, 0.1) is 6.54 Å². The highest BCUT2D eigenvalue weighted by Crippen LogP contribution is 2.00. The molecule has 1 amide bonds. The third-order valence-corrected chi connectivity index (χ3v) is 1.66. The Morgan fingerprint density at radius 1 is 1.69 bits per heavy atom. The van der Waals surface area contributed by atoms with Crippen molar-refractivity contribution >= 4 is 28.8 Å². The molecule has 0 spiro atoms. The molecule has 0 saturated carbocycles. The van der Waals surface area contributed by atoms with Crippen molar-refractivity contribution in [1.82, 2.24) is 18.6 Å². The van der Waals surface area contributed by atoms with Crippen LogP contribution in [0, 0.1) is 0 Å². The summed E-state index contributed by atoms with van der Waals surface area (Å²) in [4.78, 5) is 16.5. The van der Waals surface area contributed by atoms with Crippen LogP contribution in [0.2, 0.25) is 0 Å². The summed E-state index contributed by atoms with van der Waals surface area (Å²) in [5.41, 5.74) is 0. The zero-order valence-corrected chi connectivity index (χ0v) is 9.40. The highest BCUT2D eigenvalue weighted by molar-refractivity contribution is 14.1. The lowest BCUT2D eigenvalue weighted by atomic mass is 10.5. The average Bonchev–Trinajstić information content (AvgIpc) is 2.52. The van der Waals surface area contributed by atoms with Crippen LogP contribution in [0.1, 0.15) is 16.5 Å². The maximum Gasteiger partial charge on any atom is 0.316 e. The number of hydrogen-bond donors (Lipinski definition) is 1. The van der Waals surface area contributed by atoms with Crippen molar-refractivity contribution in [3.8, 4) is 0 Å². The molecule has 6 nitrogen and oxygen atoms in total. The number of nitrogens with zero attached hydrogens (tertiary/aromatic N) is 3. The number of amides is 1. The van der Waals surface area contributed by atoms with Gasteiger partial charge in [-0.3, -0.25) is 8.32 Å². The molecule has 13 heavy (non-hydrogen) atoms. The highest BCUT2D eigenvalue weighted by Gasteiger charge is 2.16. The lowest BCUT2D eigenvalue weighted by molar-refractivity contribution is 0.0779. The van der Waals surface area contributed by atoms with Gasteiger partial charge < -0.3 is 9.42 Å². The van der Waals surface area contributed by atoms with Gasteiger partial charge in [-0.05, 0) is 0 Å². The Hall–Kier alpha value is -0.700. The van der Waals surface area contributed by atoms with E-state index in [1.54, 1.807) is 14.1 Å². The van der Waals surface area contributed by atoms with Gasteiger partial charge in [-0.2, -0.15) is 4.98 Å². The lowest BCUT2D eigenvalue weighted by Gasteiger charge is -2.04. The summed E-state index contributed by atoms with van der Waals surface area (Å²) >= 11 is 1.96. The summed E-state index contributed by atoms with van der Waals surface area (Å²) < 4.78 is 7.57. The van der Waals surface area contributed by atoms with Gasteiger partial charge in [-0.15, -0.1) is 0 Å². The predicted octanol–water partition coefficient (Wildman–Crippen LogP) is 0.211. The molecule has 0 fully saturated rings. The SMILES string of the molecule is CN(C)C(=O)c1nc(CNI)no1. The van der Waals surface area contributed by atoms with E-state index in [0.29, 0.717) is 12.4 Å². The first-order chi connectivity index (χ1) is 6.15. The van der Waals surface area contributed by atoms with Crippen LogP contribution in [0.15, 0.2) is 4.52 Å². The van der Waals surface area contributed by atoms with E-state index < -0.39 is 0 Å². The molecule has 1 heterocycles. The minimum atomic E-state index is -0.285. The molecular weight excluding hydrogens is 287 g/mol. The number of halogens is 1. The molecule has 0 aliphatic heterocycles. The van der Waals surface area contributed by atoms with Crippen LogP contribution >= 0.6 is 22.9 Å². The van der Waals surface area contributed by atoms with E-state index in [4.69, 9.17) is 4.52 Å². The molecule has 1 N–H and O–H groups in total. The topological polar surface area (TPSA) is 71.3 Å². The smallest absolute Gasteiger partial charge is 0.316 e. The Bertz CT molecular complexity index is 299. The van der Waals surface area contributed by atoms with E-state index in [1.165, 1.54) is 4.90 Å². The molecular formula is C6H9IN4O2.